The second kappa shape index (κ2) is 4.52. The first-order chi connectivity index (χ1) is 6.69. The molecule has 0 aliphatic rings. The molecule has 0 fully saturated rings. The fourth-order valence-electron chi connectivity index (χ4n) is 1.18. The van der Waals surface area contributed by atoms with Crippen molar-refractivity contribution in [2.45, 2.75) is 13.8 Å². The van der Waals surface area contributed by atoms with Crippen molar-refractivity contribution >= 4 is 5.91 Å². The molecule has 14 heavy (non-hydrogen) atoms. The Bertz CT molecular complexity index is 360. The van der Waals surface area contributed by atoms with E-state index in [-0.39, 0.29) is 5.91 Å². The van der Waals surface area contributed by atoms with E-state index in [1.807, 2.05) is 6.92 Å². The molecular formula is C11H13NO2. The van der Waals surface area contributed by atoms with Crippen molar-refractivity contribution in [1.82, 2.24) is 4.90 Å². The number of hydrogen-bond donors (Lipinski definition) is 0. The first-order valence-electron chi connectivity index (χ1n) is 4.47. The van der Waals surface area contributed by atoms with E-state index >= 15 is 0 Å². The molecule has 0 atom stereocenters. The lowest BCUT2D eigenvalue weighted by Gasteiger charge is -2.16. The van der Waals surface area contributed by atoms with Gasteiger partial charge in [0.2, 0.25) is 0 Å². The summed E-state index contributed by atoms with van der Waals surface area (Å²) < 4.78 is 5.06. The molecule has 0 aliphatic heterocycles. The lowest BCUT2D eigenvalue weighted by atomic mass is 10.2. The molecule has 0 spiro atoms. The smallest absolute Gasteiger partial charge is 0.257 e. The highest BCUT2D eigenvalue weighted by atomic mass is 16.3. The third-order valence-corrected chi connectivity index (χ3v) is 1.93. The quantitative estimate of drug-likeness (QED) is 0.681. The van der Waals surface area contributed by atoms with Crippen LogP contribution < -0.4 is 0 Å². The third kappa shape index (κ3) is 2.17. The Kier molecular flexibility index (Phi) is 3.35. The van der Waals surface area contributed by atoms with Gasteiger partial charge in [0.1, 0.15) is 12.0 Å². The number of carbonyl (C=O) groups is 1. The molecular weight excluding hydrogens is 178 g/mol. The fraction of sp³-hybridized carbons (Fsp3) is 0.364. The molecule has 0 unspecified atom stereocenters. The molecule has 0 radical (unpaired) electrons. The predicted molar refractivity (Wildman–Crippen MR) is 53.9 cm³/mol. The summed E-state index contributed by atoms with van der Waals surface area (Å²) in [5.74, 6) is 3.10. The number of furan rings is 1. The molecule has 0 aliphatic carbocycles. The van der Waals surface area contributed by atoms with E-state index in [9.17, 15) is 4.79 Å². The molecule has 0 aromatic carbocycles. The zero-order valence-corrected chi connectivity index (χ0v) is 8.41. The number of hydrogen-bond acceptors (Lipinski definition) is 2. The summed E-state index contributed by atoms with van der Waals surface area (Å²) in [6, 6.07) is 1.71. The van der Waals surface area contributed by atoms with Crippen LogP contribution in [-0.4, -0.2) is 23.9 Å². The molecule has 1 heterocycles. The van der Waals surface area contributed by atoms with Gasteiger partial charge in [-0.25, -0.2) is 0 Å². The summed E-state index contributed by atoms with van der Waals surface area (Å²) in [4.78, 5) is 13.3. The first-order valence-corrected chi connectivity index (χ1v) is 4.47. The van der Waals surface area contributed by atoms with Gasteiger partial charge >= 0.3 is 0 Å². The van der Waals surface area contributed by atoms with E-state index in [0.29, 0.717) is 18.7 Å². The molecule has 3 nitrogen and oxygen atoms in total. The van der Waals surface area contributed by atoms with Gasteiger partial charge in [-0.15, -0.1) is 6.42 Å². The number of carbonyl (C=O) groups excluding carboxylic acids is 1. The summed E-state index contributed by atoms with van der Waals surface area (Å²) >= 11 is 0. The highest BCUT2D eigenvalue weighted by Gasteiger charge is 2.14. The Labute approximate surface area is 83.7 Å². The minimum atomic E-state index is -0.0812. The number of nitrogens with zero attached hydrogens (tertiary/aromatic N) is 1. The molecule has 3 heteroatoms. The van der Waals surface area contributed by atoms with Crippen molar-refractivity contribution in [2.24, 2.45) is 0 Å². The number of terminal acetylenes is 1. The van der Waals surface area contributed by atoms with Crippen LogP contribution >= 0.6 is 0 Å². The summed E-state index contributed by atoms with van der Waals surface area (Å²) in [5.41, 5.74) is 0.555. The van der Waals surface area contributed by atoms with E-state index in [1.165, 1.54) is 6.26 Å². The van der Waals surface area contributed by atoms with Gasteiger partial charge in [-0.2, -0.15) is 0 Å². The lowest BCUT2D eigenvalue weighted by Crippen LogP contribution is -2.30. The van der Waals surface area contributed by atoms with Crippen LogP contribution in [0.25, 0.3) is 0 Å². The van der Waals surface area contributed by atoms with Gasteiger partial charge in [-0.3, -0.25) is 4.79 Å². The van der Waals surface area contributed by atoms with Gasteiger partial charge in [0.15, 0.2) is 0 Å². The summed E-state index contributed by atoms with van der Waals surface area (Å²) in [5, 5.41) is 0. The van der Waals surface area contributed by atoms with Crippen LogP contribution in [0.4, 0.5) is 0 Å². The van der Waals surface area contributed by atoms with Crippen molar-refractivity contribution in [3.63, 3.8) is 0 Å². The maximum Gasteiger partial charge on any atom is 0.257 e. The molecule has 74 valence electrons. The summed E-state index contributed by atoms with van der Waals surface area (Å²) in [7, 11) is 0. The van der Waals surface area contributed by atoms with Crippen LogP contribution in [0, 0.1) is 19.3 Å². The second-order valence-corrected chi connectivity index (χ2v) is 2.97. The Morgan fingerprint density at radius 1 is 1.71 bits per heavy atom. The largest absolute Gasteiger partial charge is 0.469 e. The maximum absolute atomic E-state index is 11.7. The number of aryl methyl sites for hydroxylation is 1. The fourth-order valence-corrected chi connectivity index (χ4v) is 1.18. The van der Waals surface area contributed by atoms with Crippen LogP contribution in [0.5, 0.6) is 0 Å². The third-order valence-electron chi connectivity index (χ3n) is 1.93. The standard InChI is InChI=1S/C11H13NO2/c1-4-6-12(5-2)11(13)10-7-9(3)14-8-10/h1,7-8H,5-6H2,2-3H3. The molecule has 0 bridgehead atoms. The van der Waals surface area contributed by atoms with Gasteiger partial charge < -0.3 is 9.32 Å². The average Bonchev–Trinajstić information content (AvgIpc) is 2.60. The van der Waals surface area contributed by atoms with E-state index in [4.69, 9.17) is 10.8 Å². The minimum absolute atomic E-state index is 0.0812. The second-order valence-electron chi connectivity index (χ2n) is 2.97. The molecule has 0 N–H and O–H groups in total. The molecule has 1 aromatic rings. The summed E-state index contributed by atoms with van der Waals surface area (Å²) in [6.07, 6.45) is 6.61. The minimum Gasteiger partial charge on any atom is -0.469 e. The number of amides is 1. The van der Waals surface area contributed by atoms with Gasteiger partial charge in [0.25, 0.3) is 5.91 Å². The Balaban J connectivity index is 2.78. The first kappa shape index (κ1) is 10.4. The van der Waals surface area contributed by atoms with Gasteiger partial charge in [0, 0.05) is 6.54 Å². The Morgan fingerprint density at radius 3 is 2.86 bits per heavy atom. The zero-order chi connectivity index (χ0) is 10.6. The van der Waals surface area contributed by atoms with Gasteiger partial charge in [0.05, 0.1) is 12.1 Å². The lowest BCUT2D eigenvalue weighted by molar-refractivity contribution is 0.0784. The van der Waals surface area contributed by atoms with Crippen molar-refractivity contribution < 1.29 is 9.21 Å². The highest BCUT2D eigenvalue weighted by Crippen LogP contribution is 2.09. The van der Waals surface area contributed by atoms with Crippen LogP contribution in [0.15, 0.2) is 16.7 Å². The number of rotatable bonds is 3. The van der Waals surface area contributed by atoms with Crippen LogP contribution in [-0.2, 0) is 0 Å². The van der Waals surface area contributed by atoms with E-state index in [1.54, 1.807) is 17.9 Å². The summed E-state index contributed by atoms with van der Waals surface area (Å²) in [6.45, 7) is 4.63. The van der Waals surface area contributed by atoms with Crippen molar-refractivity contribution in [1.29, 1.82) is 0 Å². The van der Waals surface area contributed by atoms with Crippen LogP contribution in [0.3, 0.4) is 0 Å². The molecule has 1 aromatic heterocycles. The molecule has 1 rings (SSSR count). The molecule has 1 amide bonds. The normalized spacial score (nSPS) is 9.50. The van der Waals surface area contributed by atoms with Crippen LogP contribution in [0.1, 0.15) is 23.0 Å². The average molecular weight is 191 g/mol. The van der Waals surface area contributed by atoms with Gasteiger partial charge in [-0.1, -0.05) is 5.92 Å². The van der Waals surface area contributed by atoms with E-state index < -0.39 is 0 Å². The topological polar surface area (TPSA) is 33.5 Å². The molecule has 0 saturated carbocycles. The monoisotopic (exact) mass is 191 g/mol. The Hall–Kier alpha value is -1.69. The van der Waals surface area contributed by atoms with Crippen LogP contribution in [0.2, 0.25) is 0 Å². The molecule has 0 saturated heterocycles. The maximum atomic E-state index is 11.7. The SMILES string of the molecule is C#CCN(CC)C(=O)c1coc(C)c1. The van der Waals surface area contributed by atoms with E-state index in [0.717, 1.165) is 5.76 Å². The zero-order valence-electron chi connectivity index (χ0n) is 8.41. The Morgan fingerprint density at radius 2 is 2.43 bits per heavy atom. The van der Waals surface area contributed by atoms with Crippen molar-refractivity contribution in [3.8, 4) is 12.3 Å². The van der Waals surface area contributed by atoms with Crippen molar-refractivity contribution in [3.05, 3.63) is 23.7 Å². The van der Waals surface area contributed by atoms with Crippen molar-refractivity contribution in [2.75, 3.05) is 13.1 Å². The predicted octanol–water partition coefficient (Wildman–Crippen LogP) is 1.68. The van der Waals surface area contributed by atoms with E-state index in [2.05, 4.69) is 5.92 Å². The highest BCUT2D eigenvalue weighted by molar-refractivity contribution is 5.94. The van der Waals surface area contributed by atoms with Gasteiger partial charge in [-0.05, 0) is 19.9 Å².